The number of Topliss-reactive ketones (excluding diaryl/α,β-unsaturated/α-hetero) is 1. The highest BCUT2D eigenvalue weighted by Crippen LogP contribution is 2.43. The number of ether oxygens (including phenoxy) is 1. The van der Waals surface area contributed by atoms with Crippen molar-refractivity contribution in [2.24, 2.45) is 5.41 Å². The summed E-state index contributed by atoms with van der Waals surface area (Å²) < 4.78 is 5.11. The fourth-order valence-electron chi connectivity index (χ4n) is 2.70. The first-order valence-corrected chi connectivity index (χ1v) is 7.44. The Morgan fingerprint density at radius 2 is 1.90 bits per heavy atom. The standard InChI is InChI=1S/C15H16Cl2O3/c1-2-20-14(19)15(7-3-4-8-15)13(18)11-6-5-10(16)9-12(11)17/h5-6,9H,2-4,7-8H2,1H3. The highest BCUT2D eigenvalue weighted by atomic mass is 35.5. The molecule has 0 spiro atoms. The molecule has 1 saturated carbocycles. The Labute approximate surface area is 128 Å². The van der Waals surface area contributed by atoms with Gasteiger partial charge in [0.25, 0.3) is 0 Å². The predicted molar refractivity (Wildman–Crippen MR) is 78.3 cm³/mol. The first-order chi connectivity index (χ1) is 9.51. The van der Waals surface area contributed by atoms with E-state index in [0.29, 0.717) is 23.4 Å². The molecule has 2 rings (SSSR count). The van der Waals surface area contributed by atoms with Crippen LogP contribution in [-0.2, 0) is 9.53 Å². The number of hydrogen-bond donors (Lipinski definition) is 0. The molecule has 108 valence electrons. The summed E-state index contributed by atoms with van der Waals surface area (Å²) in [6.45, 7) is 2.00. The number of ketones is 1. The molecule has 20 heavy (non-hydrogen) atoms. The van der Waals surface area contributed by atoms with Gasteiger partial charge in [0.1, 0.15) is 5.41 Å². The van der Waals surface area contributed by atoms with E-state index >= 15 is 0 Å². The van der Waals surface area contributed by atoms with Gasteiger partial charge in [-0.25, -0.2) is 0 Å². The van der Waals surface area contributed by atoms with Crippen molar-refractivity contribution in [3.63, 3.8) is 0 Å². The Morgan fingerprint density at radius 1 is 1.25 bits per heavy atom. The molecule has 0 aliphatic heterocycles. The van der Waals surface area contributed by atoms with Gasteiger partial charge in [-0.2, -0.15) is 0 Å². The van der Waals surface area contributed by atoms with Crippen LogP contribution in [0.4, 0.5) is 0 Å². The van der Waals surface area contributed by atoms with Crippen molar-refractivity contribution in [2.75, 3.05) is 6.61 Å². The van der Waals surface area contributed by atoms with Crippen molar-refractivity contribution in [3.8, 4) is 0 Å². The van der Waals surface area contributed by atoms with Crippen molar-refractivity contribution >= 4 is 35.0 Å². The van der Waals surface area contributed by atoms with Crippen LogP contribution in [0, 0.1) is 5.41 Å². The highest BCUT2D eigenvalue weighted by Gasteiger charge is 2.49. The van der Waals surface area contributed by atoms with Gasteiger partial charge in [0.05, 0.1) is 11.6 Å². The minimum atomic E-state index is -1.08. The first-order valence-electron chi connectivity index (χ1n) is 6.68. The summed E-state index contributed by atoms with van der Waals surface area (Å²) in [5.74, 6) is -0.691. The van der Waals surface area contributed by atoms with E-state index in [4.69, 9.17) is 27.9 Å². The Morgan fingerprint density at radius 3 is 2.45 bits per heavy atom. The summed E-state index contributed by atoms with van der Waals surface area (Å²) in [5, 5.41) is 0.737. The van der Waals surface area contributed by atoms with Crippen LogP contribution in [0.1, 0.15) is 43.0 Å². The fraction of sp³-hybridized carbons (Fsp3) is 0.467. The Balaban J connectivity index is 2.39. The van der Waals surface area contributed by atoms with Gasteiger partial charge < -0.3 is 4.74 Å². The molecule has 0 amide bonds. The Hall–Kier alpha value is -1.06. The van der Waals surface area contributed by atoms with Crippen molar-refractivity contribution in [2.45, 2.75) is 32.6 Å². The average molecular weight is 315 g/mol. The molecule has 1 aliphatic carbocycles. The van der Waals surface area contributed by atoms with E-state index in [0.717, 1.165) is 12.8 Å². The minimum Gasteiger partial charge on any atom is -0.465 e. The van der Waals surface area contributed by atoms with Crippen LogP contribution in [0.2, 0.25) is 10.0 Å². The van der Waals surface area contributed by atoms with Crippen LogP contribution in [0.15, 0.2) is 18.2 Å². The summed E-state index contributed by atoms with van der Waals surface area (Å²) in [6, 6.07) is 4.70. The van der Waals surface area contributed by atoms with E-state index in [2.05, 4.69) is 0 Å². The molecule has 1 aliphatic rings. The summed E-state index contributed by atoms with van der Waals surface area (Å²) >= 11 is 11.9. The van der Waals surface area contributed by atoms with Gasteiger partial charge >= 0.3 is 5.97 Å². The molecule has 0 unspecified atom stereocenters. The lowest BCUT2D eigenvalue weighted by molar-refractivity contribution is -0.152. The maximum absolute atomic E-state index is 12.8. The Bertz CT molecular complexity index is 534. The SMILES string of the molecule is CCOC(=O)C1(C(=O)c2ccc(Cl)cc2Cl)CCCC1. The third-order valence-electron chi connectivity index (χ3n) is 3.73. The van der Waals surface area contributed by atoms with E-state index in [1.54, 1.807) is 19.1 Å². The van der Waals surface area contributed by atoms with Crippen LogP contribution in [0.5, 0.6) is 0 Å². The second-order valence-corrected chi connectivity index (χ2v) is 5.81. The number of carbonyl (C=O) groups is 2. The van der Waals surface area contributed by atoms with E-state index in [-0.39, 0.29) is 17.4 Å². The third-order valence-corrected chi connectivity index (χ3v) is 4.28. The number of halogens is 2. The molecule has 0 aromatic heterocycles. The largest absolute Gasteiger partial charge is 0.465 e. The zero-order valence-corrected chi connectivity index (χ0v) is 12.8. The normalized spacial score (nSPS) is 16.9. The van der Waals surface area contributed by atoms with E-state index in [9.17, 15) is 9.59 Å². The Kier molecular flexibility index (Phi) is 4.71. The number of esters is 1. The van der Waals surface area contributed by atoms with E-state index in [1.807, 2.05) is 0 Å². The van der Waals surface area contributed by atoms with Crippen molar-refractivity contribution < 1.29 is 14.3 Å². The lowest BCUT2D eigenvalue weighted by Crippen LogP contribution is -2.38. The molecule has 1 aromatic rings. The van der Waals surface area contributed by atoms with Crippen LogP contribution in [0.25, 0.3) is 0 Å². The van der Waals surface area contributed by atoms with Crippen molar-refractivity contribution in [1.29, 1.82) is 0 Å². The van der Waals surface area contributed by atoms with Crippen LogP contribution >= 0.6 is 23.2 Å². The van der Waals surface area contributed by atoms with E-state index < -0.39 is 11.4 Å². The molecule has 0 heterocycles. The predicted octanol–water partition coefficient (Wildman–Crippen LogP) is 4.30. The van der Waals surface area contributed by atoms with Gasteiger partial charge in [0.15, 0.2) is 5.78 Å². The molecule has 5 heteroatoms. The van der Waals surface area contributed by atoms with Gasteiger partial charge in [0.2, 0.25) is 0 Å². The zero-order valence-electron chi connectivity index (χ0n) is 11.2. The lowest BCUT2D eigenvalue weighted by Gasteiger charge is -2.25. The lowest BCUT2D eigenvalue weighted by atomic mass is 9.78. The maximum Gasteiger partial charge on any atom is 0.320 e. The van der Waals surface area contributed by atoms with Crippen LogP contribution in [-0.4, -0.2) is 18.4 Å². The average Bonchev–Trinajstić information content (AvgIpc) is 2.89. The molecular formula is C15H16Cl2O3. The molecular weight excluding hydrogens is 299 g/mol. The smallest absolute Gasteiger partial charge is 0.320 e. The second-order valence-electron chi connectivity index (χ2n) is 4.96. The van der Waals surface area contributed by atoms with Gasteiger partial charge in [-0.3, -0.25) is 9.59 Å². The third kappa shape index (κ3) is 2.70. The quantitative estimate of drug-likeness (QED) is 0.473. The fourth-order valence-corrected chi connectivity index (χ4v) is 3.20. The summed E-state index contributed by atoms with van der Waals surface area (Å²) in [4.78, 5) is 25.0. The number of rotatable bonds is 4. The van der Waals surface area contributed by atoms with Gasteiger partial charge in [-0.15, -0.1) is 0 Å². The highest BCUT2D eigenvalue weighted by molar-refractivity contribution is 6.37. The minimum absolute atomic E-state index is 0.255. The molecule has 0 atom stereocenters. The number of benzene rings is 1. The van der Waals surface area contributed by atoms with Gasteiger partial charge in [-0.05, 0) is 38.0 Å². The van der Waals surface area contributed by atoms with Gasteiger partial charge in [-0.1, -0.05) is 36.0 Å². The molecule has 0 radical (unpaired) electrons. The topological polar surface area (TPSA) is 43.4 Å². The molecule has 0 bridgehead atoms. The molecule has 0 N–H and O–H groups in total. The summed E-state index contributed by atoms with van der Waals surface area (Å²) in [5.41, 5.74) is -0.737. The van der Waals surface area contributed by atoms with Crippen LogP contribution in [0.3, 0.4) is 0 Å². The molecule has 3 nitrogen and oxygen atoms in total. The van der Waals surface area contributed by atoms with E-state index in [1.165, 1.54) is 6.07 Å². The monoisotopic (exact) mass is 314 g/mol. The summed E-state index contributed by atoms with van der Waals surface area (Å²) in [7, 11) is 0. The van der Waals surface area contributed by atoms with Crippen molar-refractivity contribution in [3.05, 3.63) is 33.8 Å². The molecule has 1 aromatic carbocycles. The number of carbonyl (C=O) groups excluding carboxylic acids is 2. The van der Waals surface area contributed by atoms with Crippen LogP contribution < -0.4 is 0 Å². The zero-order chi connectivity index (χ0) is 14.8. The summed E-state index contributed by atoms with van der Waals surface area (Å²) in [6.07, 6.45) is 2.72. The molecule has 0 saturated heterocycles. The second kappa shape index (κ2) is 6.15. The molecule has 1 fully saturated rings. The van der Waals surface area contributed by atoms with Crippen molar-refractivity contribution in [1.82, 2.24) is 0 Å². The first kappa shape index (κ1) is 15.3. The number of hydrogen-bond acceptors (Lipinski definition) is 3. The van der Waals surface area contributed by atoms with Gasteiger partial charge in [0, 0.05) is 10.6 Å². The maximum atomic E-state index is 12.8.